The van der Waals surface area contributed by atoms with E-state index in [1.807, 2.05) is 33.3 Å². The number of rotatable bonds is 58. The minimum absolute atomic E-state index is 0.0247. The smallest absolute Gasteiger partial charge is 0.456 e. The number of esters is 1. The highest BCUT2D eigenvalue weighted by atomic mass is 31.2. The van der Waals surface area contributed by atoms with Gasteiger partial charge < -0.3 is 19.4 Å². The van der Waals surface area contributed by atoms with Crippen LogP contribution >= 0.6 is 7.82 Å². The Labute approximate surface area is 499 Å². The molecule has 3 unspecified atom stereocenters. The molecule has 3 atom stereocenters. The number of carbonyl (C=O) groups excluding carboxylic acids is 2. The van der Waals surface area contributed by atoms with Gasteiger partial charge in [0.15, 0.2) is 0 Å². The maximum Gasteiger partial charge on any atom is 0.472 e. The number of quaternary nitrogens is 1. The second-order valence-corrected chi connectivity index (χ2v) is 24.4. The van der Waals surface area contributed by atoms with Crippen LogP contribution in [-0.2, 0) is 27.9 Å². The highest BCUT2D eigenvalue weighted by molar-refractivity contribution is 7.47. The first-order valence-electron chi connectivity index (χ1n) is 32.9. The van der Waals surface area contributed by atoms with Crippen LogP contribution in [0.1, 0.15) is 265 Å². The summed E-state index contributed by atoms with van der Waals surface area (Å²) in [5.41, 5.74) is 0. The number of amides is 1. The SMILES string of the molecule is CC/C=C\C/C=C\C/C=C\C/C=C\C/C=C\C/C=C\CCCCC(=O)NC(COP(=O)(O)OCC[N+](C)(C)C)C(/C=C/CCCCCCCCCCC)OC(=O)CCCCCCCCCCCC/C=C\C/C=C\C/C=C\CCCCC. The van der Waals surface area contributed by atoms with Gasteiger partial charge in [0.1, 0.15) is 19.3 Å². The molecule has 0 spiro atoms. The summed E-state index contributed by atoms with van der Waals surface area (Å²) in [5.74, 6) is -0.566. The van der Waals surface area contributed by atoms with E-state index in [4.69, 9.17) is 13.8 Å². The molecule has 9 nitrogen and oxygen atoms in total. The van der Waals surface area contributed by atoms with Gasteiger partial charge in [0.2, 0.25) is 5.91 Å². The highest BCUT2D eigenvalue weighted by Gasteiger charge is 2.30. The quantitative estimate of drug-likeness (QED) is 0.0205. The lowest BCUT2D eigenvalue weighted by molar-refractivity contribution is -0.870. The Bertz CT molecular complexity index is 1800. The molecule has 0 radical (unpaired) electrons. The fraction of sp³-hybridized carbons (Fsp3) is 0.690. The number of likely N-dealkylation sites (N-methyl/N-ethyl adjacent to an activating group) is 1. The minimum Gasteiger partial charge on any atom is -0.456 e. The summed E-state index contributed by atoms with van der Waals surface area (Å²) >= 11 is 0. The van der Waals surface area contributed by atoms with Crippen molar-refractivity contribution in [2.75, 3.05) is 40.9 Å². The standard InChI is InChI=1S/C71H123N2O7P/c1-7-10-13-16-19-22-25-27-29-31-33-35-36-38-40-42-44-46-49-52-55-58-61-64-71(75)80-69(62-59-56-53-50-47-24-21-18-15-12-9-3)68(67-79-81(76,77)78-66-65-73(4,5)6)72-70(74)63-60-57-54-51-48-45-43-41-39-37-34-32-30-28-26-23-20-17-14-11-8-2/h11,14,19-20,22-23,27-30,33-35,37,41,43,48,51,59,62,68-69H,7-10,12-13,15-18,21,24-26,31-32,36,38-40,42,44-47,49-50,52-58,60-61,63-67H2,1-6H3,(H-,72,74,76,77)/p+1/b14-11-,22-19-,23-20-,29-27-,30-28-,35-33-,37-34-,43-41-,51-48-,62-59+. The van der Waals surface area contributed by atoms with Crippen LogP contribution < -0.4 is 5.32 Å². The number of ether oxygens (including phenoxy) is 1. The normalized spacial score (nSPS) is 14.4. The van der Waals surface area contributed by atoms with Crippen LogP contribution in [0.3, 0.4) is 0 Å². The lowest BCUT2D eigenvalue weighted by Crippen LogP contribution is -2.47. The van der Waals surface area contributed by atoms with Gasteiger partial charge in [-0.25, -0.2) is 4.57 Å². The van der Waals surface area contributed by atoms with Gasteiger partial charge in [-0.1, -0.05) is 252 Å². The first kappa shape index (κ1) is 77.4. The molecule has 0 saturated heterocycles. The molecule has 0 bridgehead atoms. The Morgan fingerprint density at radius 3 is 1.22 bits per heavy atom. The van der Waals surface area contributed by atoms with Crippen LogP contribution in [0.15, 0.2) is 122 Å². The number of hydrogen-bond donors (Lipinski definition) is 2. The molecule has 0 aromatic carbocycles. The maximum absolute atomic E-state index is 13.6. The van der Waals surface area contributed by atoms with Crippen molar-refractivity contribution < 1.29 is 37.3 Å². The molecule has 0 aromatic heterocycles. The molecule has 464 valence electrons. The van der Waals surface area contributed by atoms with Crippen molar-refractivity contribution in [1.29, 1.82) is 0 Å². The van der Waals surface area contributed by atoms with E-state index < -0.39 is 20.0 Å². The second-order valence-electron chi connectivity index (χ2n) is 22.9. The van der Waals surface area contributed by atoms with Crippen molar-refractivity contribution in [2.45, 2.75) is 277 Å². The van der Waals surface area contributed by atoms with Crippen molar-refractivity contribution in [3.05, 3.63) is 122 Å². The van der Waals surface area contributed by atoms with E-state index in [0.29, 0.717) is 17.4 Å². The minimum atomic E-state index is -4.47. The fourth-order valence-corrected chi connectivity index (χ4v) is 9.57. The largest absolute Gasteiger partial charge is 0.472 e. The van der Waals surface area contributed by atoms with E-state index in [-0.39, 0.29) is 37.9 Å². The van der Waals surface area contributed by atoms with Crippen molar-refractivity contribution >= 4 is 19.7 Å². The Kier molecular flexibility index (Phi) is 56.9. The zero-order valence-electron chi connectivity index (χ0n) is 53.0. The van der Waals surface area contributed by atoms with E-state index in [9.17, 15) is 19.0 Å². The van der Waals surface area contributed by atoms with Gasteiger partial charge in [-0.2, -0.15) is 0 Å². The van der Waals surface area contributed by atoms with Crippen LogP contribution in [0.4, 0.5) is 0 Å². The molecule has 0 aliphatic carbocycles. The average Bonchev–Trinajstić information content (AvgIpc) is 3.44. The van der Waals surface area contributed by atoms with E-state index in [1.165, 1.54) is 109 Å². The molecule has 0 saturated carbocycles. The number of hydrogen-bond acceptors (Lipinski definition) is 6. The predicted octanol–water partition coefficient (Wildman–Crippen LogP) is 20.7. The number of allylic oxidation sites excluding steroid dienone is 19. The second kappa shape index (κ2) is 59.6. The van der Waals surface area contributed by atoms with Gasteiger partial charge >= 0.3 is 13.8 Å². The van der Waals surface area contributed by atoms with Crippen molar-refractivity contribution in [3.8, 4) is 0 Å². The highest BCUT2D eigenvalue weighted by Crippen LogP contribution is 2.43. The van der Waals surface area contributed by atoms with Crippen molar-refractivity contribution in [1.82, 2.24) is 5.32 Å². The molecule has 0 aliphatic heterocycles. The Morgan fingerprint density at radius 2 is 0.790 bits per heavy atom. The van der Waals surface area contributed by atoms with E-state index in [0.717, 1.165) is 116 Å². The number of carbonyl (C=O) groups is 2. The molecular formula is C71H124N2O7P+. The third-order valence-electron chi connectivity index (χ3n) is 13.9. The first-order chi connectivity index (χ1) is 39.4. The van der Waals surface area contributed by atoms with Gasteiger partial charge in [-0.15, -0.1) is 0 Å². The van der Waals surface area contributed by atoms with Gasteiger partial charge in [-0.3, -0.25) is 18.6 Å². The van der Waals surface area contributed by atoms with Crippen molar-refractivity contribution in [3.63, 3.8) is 0 Å². The predicted molar refractivity (Wildman–Crippen MR) is 350 cm³/mol. The Balaban J connectivity index is 5.23. The molecule has 2 N–H and O–H groups in total. The van der Waals surface area contributed by atoms with Crippen LogP contribution in [0, 0.1) is 0 Å². The third-order valence-corrected chi connectivity index (χ3v) is 14.9. The monoisotopic (exact) mass is 1150 g/mol. The van der Waals surface area contributed by atoms with E-state index >= 15 is 0 Å². The number of unbranched alkanes of at least 4 members (excludes halogenated alkanes) is 24. The maximum atomic E-state index is 13.6. The molecular weight excluding hydrogens is 1020 g/mol. The average molecular weight is 1150 g/mol. The summed E-state index contributed by atoms with van der Waals surface area (Å²) in [5, 5.41) is 3.03. The van der Waals surface area contributed by atoms with E-state index in [1.54, 1.807) is 0 Å². The van der Waals surface area contributed by atoms with Gasteiger partial charge in [-0.05, 0) is 122 Å². The van der Waals surface area contributed by atoms with Crippen LogP contribution in [-0.4, -0.2) is 74.3 Å². The molecule has 1 amide bonds. The number of phosphoric acid groups is 1. The molecule has 81 heavy (non-hydrogen) atoms. The van der Waals surface area contributed by atoms with Crippen LogP contribution in [0.25, 0.3) is 0 Å². The number of phosphoric ester groups is 1. The van der Waals surface area contributed by atoms with Crippen LogP contribution in [0.5, 0.6) is 0 Å². The molecule has 10 heteroatoms. The number of nitrogens with one attached hydrogen (secondary N) is 1. The fourth-order valence-electron chi connectivity index (χ4n) is 8.83. The zero-order chi connectivity index (χ0) is 59.3. The summed E-state index contributed by atoms with van der Waals surface area (Å²) in [6, 6.07) is -0.882. The summed E-state index contributed by atoms with van der Waals surface area (Å²) < 4.78 is 30.7. The Hall–Kier alpha value is -3.59. The van der Waals surface area contributed by atoms with Gasteiger partial charge in [0.25, 0.3) is 0 Å². The molecule has 0 aromatic rings. The first-order valence-corrected chi connectivity index (χ1v) is 34.4. The Morgan fingerprint density at radius 1 is 0.444 bits per heavy atom. The lowest BCUT2D eigenvalue weighted by atomic mass is 10.0. The molecule has 0 rings (SSSR count). The zero-order valence-corrected chi connectivity index (χ0v) is 53.9. The molecule has 0 heterocycles. The van der Waals surface area contributed by atoms with Gasteiger partial charge in [0, 0.05) is 12.8 Å². The van der Waals surface area contributed by atoms with E-state index in [2.05, 4.69) is 135 Å². The summed E-state index contributed by atoms with van der Waals surface area (Å²) in [7, 11) is 1.45. The molecule has 0 fully saturated rings. The summed E-state index contributed by atoms with van der Waals surface area (Å²) in [4.78, 5) is 37.8. The summed E-state index contributed by atoms with van der Waals surface area (Å²) in [6.45, 7) is 6.82. The van der Waals surface area contributed by atoms with Crippen molar-refractivity contribution in [2.24, 2.45) is 0 Å². The molecule has 0 aliphatic rings. The number of nitrogens with zero attached hydrogens (tertiary/aromatic N) is 1. The third kappa shape index (κ3) is 60.8. The topological polar surface area (TPSA) is 111 Å². The lowest BCUT2D eigenvalue weighted by Gasteiger charge is -2.27. The van der Waals surface area contributed by atoms with Gasteiger partial charge in [0.05, 0.1) is 33.8 Å². The summed E-state index contributed by atoms with van der Waals surface area (Å²) in [6.07, 6.45) is 83.5. The van der Waals surface area contributed by atoms with Crippen LogP contribution in [0.2, 0.25) is 0 Å².